The predicted molar refractivity (Wildman–Crippen MR) is 77.4 cm³/mol. The lowest BCUT2D eigenvalue weighted by molar-refractivity contribution is 0.416. The van der Waals surface area contributed by atoms with E-state index in [2.05, 4.69) is 41.3 Å². The first-order valence-corrected chi connectivity index (χ1v) is 6.52. The molecule has 0 aliphatic carbocycles. The molecule has 19 heavy (non-hydrogen) atoms. The number of rotatable bonds is 5. The Morgan fingerprint density at radius 1 is 1.37 bits per heavy atom. The first-order valence-electron chi connectivity index (χ1n) is 6.52. The molecule has 0 amide bonds. The van der Waals surface area contributed by atoms with Crippen molar-refractivity contribution in [3.8, 4) is 17.0 Å². The fourth-order valence-corrected chi connectivity index (χ4v) is 2.05. The Hall–Kier alpha value is -1.81. The largest absolute Gasteiger partial charge is 0.496 e. The molecular weight excluding hydrogens is 238 g/mol. The Labute approximate surface area is 114 Å². The first-order chi connectivity index (χ1) is 9.15. The highest BCUT2D eigenvalue weighted by Crippen LogP contribution is 2.31. The van der Waals surface area contributed by atoms with Gasteiger partial charge in [-0.15, -0.1) is 0 Å². The van der Waals surface area contributed by atoms with Crippen molar-refractivity contribution in [1.82, 2.24) is 15.3 Å². The van der Waals surface area contributed by atoms with Gasteiger partial charge in [0.2, 0.25) is 0 Å². The van der Waals surface area contributed by atoms with E-state index < -0.39 is 0 Å². The minimum atomic E-state index is 0.490. The third-order valence-electron chi connectivity index (χ3n) is 3.15. The van der Waals surface area contributed by atoms with Crippen LogP contribution in [0.3, 0.4) is 0 Å². The Bertz CT molecular complexity index is 546. The summed E-state index contributed by atoms with van der Waals surface area (Å²) in [4.78, 5) is 7.68. The van der Waals surface area contributed by atoms with E-state index in [-0.39, 0.29) is 0 Å². The molecule has 0 radical (unpaired) electrons. The molecule has 0 spiro atoms. The van der Waals surface area contributed by atoms with Crippen LogP contribution in [0.2, 0.25) is 0 Å². The molecule has 0 fully saturated rings. The zero-order valence-corrected chi connectivity index (χ0v) is 11.9. The molecule has 0 saturated heterocycles. The van der Waals surface area contributed by atoms with Crippen LogP contribution in [0, 0.1) is 0 Å². The van der Waals surface area contributed by atoms with Crippen LogP contribution in [-0.4, -0.2) is 24.1 Å². The highest BCUT2D eigenvalue weighted by atomic mass is 16.5. The minimum Gasteiger partial charge on any atom is -0.496 e. The zero-order chi connectivity index (χ0) is 13.8. The molecule has 0 saturated carbocycles. The van der Waals surface area contributed by atoms with E-state index in [1.807, 2.05) is 19.3 Å². The number of nitrogens with zero attached hydrogens (tertiary/aromatic N) is 1. The number of benzene rings is 1. The lowest BCUT2D eigenvalue weighted by atomic mass is 9.99. The van der Waals surface area contributed by atoms with Gasteiger partial charge in [0.05, 0.1) is 25.5 Å². The molecule has 1 heterocycles. The summed E-state index contributed by atoms with van der Waals surface area (Å²) in [5, 5.41) is 3.08. The molecule has 102 valence electrons. The fourth-order valence-electron chi connectivity index (χ4n) is 2.05. The molecule has 1 aromatic heterocycles. The van der Waals surface area contributed by atoms with Gasteiger partial charge in [0.25, 0.3) is 0 Å². The number of imidazole rings is 1. The number of methoxy groups -OCH3 is 1. The van der Waals surface area contributed by atoms with E-state index >= 15 is 0 Å². The molecule has 0 atom stereocenters. The van der Waals surface area contributed by atoms with Crippen molar-refractivity contribution >= 4 is 0 Å². The van der Waals surface area contributed by atoms with Gasteiger partial charge in [-0.2, -0.15) is 0 Å². The Morgan fingerprint density at radius 2 is 2.16 bits per heavy atom. The molecule has 4 nitrogen and oxygen atoms in total. The topological polar surface area (TPSA) is 49.9 Å². The third-order valence-corrected chi connectivity index (χ3v) is 3.15. The third kappa shape index (κ3) is 2.96. The van der Waals surface area contributed by atoms with Crippen LogP contribution in [0.5, 0.6) is 5.75 Å². The SMILES string of the molecule is CNCc1ncc(-c2cc(C(C)C)ccc2OC)[nH]1. The van der Waals surface area contributed by atoms with E-state index in [1.54, 1.807) is 7.11 Å². The quantitative estimate of drug-likeness (QED) is 0.868. The molecule has 0 unspecified atom stereocenters. The van der Waals surface area contributed by atoms with E-state index in [4.69, 9.17) is 4.74 Å². The fraction of sp³-hybridized carbons (Fsp3) is 0.400. The van der Waals surface area contributed by atoms with E-state index in [0.717, 1.165) is 29.4 Å². The lowest BCUT2D eigenvalue weighted by Gasteiger charge is -2.11. The highest BCUT2D eigenvalue weighted by Gasteiger charge is 2.11. The Kier molecular flexibility index (Phi) is 4.22. The predicted octanol–water partition coefficient (Wildman–Crippen LogP) is 2.93. The number of nitrogens with one attached hydrogen (secondary N) is 2. The number of H-pyrrole nitrogens is 1. The normalized spacial score (nSPS) is 11.0. The van der Waals surface area contributed by atoms with Crippen LogP contribution in [0.15, 0.2) is 24.4 Å². The molecule has 1 aromatic carbocycles. The van der Waals surface area contributed by atoms with Crippen LogP contribution in [0.1, 0.15) is 31.2 Å². The molecule has 2 rings (SSSR count). The standard InChI is InChI=1S/C15H21N3O/c1-10(2)11-5-6-14(19-4)12(7-11)13-8-17-15(18-13)9-16-3/h5-8,10,16H,9H2,1-4H3,(H,17,18). The summed E-state index contributed by atoms with van der Waals surface area (Å²) in [7, 11) is 3.60. The van der Waals surface area contributed by atoms with Crippen LogP contribution in [0.4, 0.5) is 0 Å². The summed E-state index contributed by atoms with van der Waals surface area (Å²) >= 11 is 0. The summed E-state index contributed by atoms with van der Waals surface area (Å²) < 4.78 is 5.44. The van der Waals surface area contributed by atoms with Crippen LogP contribution in [-0.2, 0) is 6.54 Å². The maximum Gasteiger partial charge on any atom is 0.128 e. The second kappa shape index (κ2) is 5.89. The van der Waals surface area contributed by atoms with Crippen molar-refractivity contribution in [1.29, 1.82) is 0 Å². The van der Waals surface area contributed by atoms with Gasteiger partial charge in [-0.05, 0) is 30.7 Å². The van der Waals surface area contributed by atoms with Gasteiger partial charge in [0, 0.05) is 5.56 Å². The smallest absolute Gasteiger partial charge is 0.128 e. The number of hydrogen-bond donors (Lipinski definition) is 2. The number of ether oxygens (including phenoxy) is 1. The number of hydrogen-bond acceptors (Lipinski definition) is 3. The highest BCUT2D eigenvalue weighted by molar-refractivity contribution is 5.68. The second-order valence-corrected chi connectivity index (χ2v) is 4.89. The van der Waals surface area contributed by atoms with Crippen LogP contribution >= 0.6 is 0 Å². The van der Waals surface area contributed by atoms with Crippen LogP contribution < -0.4 is 10.1 Å². The average molecular weight is 259 g/mol. The summed E-state index contributed by atoms with van der Waals surface area (Å²) in [6, 6.07) is 6.29. The average Bonchev–Trinajstić information content (AvgIpc) is 2.87. The molecule has 2 N–H and O–H groups in total. The van der Waals surface area contributed by atoms with Crippen molar-refractivity contribution in [3.63, 3.8) is 0 Å². The van der Waals surface area contributed by atoms with E-state index in [1.165, 1.54) is 5.56 Å². The Morgan fingerprint density at radius 3 is 2.79 bits per heavy atom. The zero-order valence-electron chi connectivity index (χ0n) is 11.9. The first kappa shape index (κ1) is 13.6. The number of aromatic nitrogens is 2. The van der Waals surface area contributed by atoms with Crippen molar-refractivity contribution < 1.29 is 4.74 Å². The second-order valence-electron chi connectivity index (χ2n) is 4.89. The van der Waals surface area contributed by atoms with Gasteiger partial charge in [-0.25, -0.2) is 4.98 Å². The van der Waals surface area contributed by atoms with Gasteiger partial charge >= 0.3 is 0 Å². The van der Waals surface area contributed by atoms with Crippen molar-refractivity contribution in [2.75, 3.05) is 14.2 Å². The van der Waals surface area contributed by atoms with Crippen molar-refractivity contribution in [3.05, 3.63) is 35.8 Å². The van der Waals surface area contributed by atoms with Gasteiger partial charge in [0.1, 0.15) is 11.6 Å². The summed E-state index contributed by atoms with van der Waals surface area (Å²) in [5.41, 5.74) is 3.34. The van der Waals surface area contributed by atoms with Crippen molar-refractivity contribution in [2.45, 2.75) is 26.3 Å². The Balaban J connectivity index is 2.42. The maximum atomic E-state index is 5.44. The lowest BCUT2D eigenvalue weighted by Crippen LogP contribution is -2.06. The summed E-state index contributed by atoms with van der Waals surface area (Å²) in [5.74, 6) is 2.28. The van der Waals surface area contributed by atoms with Gasteiger partial charge < -0.3 is 15.0 Å². The monoisotopic (exact) mass is 259 g/mol. The summed E-state index contributed by atoms with van der Waals surface area (Å²) in [6.45, 7) is 5.10. The molecule has 0 aliphatic rings. The minimum absolute atomic E-state index is 0.490. The van der Waals surface area contributed by atoms with Crippen LogP contribution in [0.25, 0.3) is 11.3 Å². The molecule has 0 aliphatic heterocycles. The van der Waals surface area contributed by atoms with Crippen molar-refractivity contribution in [2.24, 2.45) is 0 Å². The molecule has 0 bridgehead atoms. The van der Waals surface area contributed by atoms with Gasteiger partial charge in [0.15, 0.2) is 0 Å². The molecule has 4 heteroatoms. The van der Waals surface area contributed by atoms with E-state index in [9.17, 15) is 0 Å². The molecule has 2 aromatic rings. The van der Waals surface area contributed by atoms with Gasteiger partial charge in [-0.1, -0.05) is 19.9 Å². The van der Waals surface area contributed by atoms with E-state index in [0.29, 0.717) is 5.92 Å². The molecular formula is C15H21N3O. The maximum absolute atomic E-state index is 5.44. The number of aromatic amines is 1. The summed E-state index contributed by atoms with van der Waals surface area (Å²) in [6.07, 6.45) is 1.86. The van der Waals surface area contributed by atoms with Gasteiger partial charge in [-0.3, -0.25) is 0 Å².